The predicted octanol–water partition coefficient (Wildman–Crippen LogP) is 1.06. The molecule has 108 valence electrons. The van der Waals surface area contributed by atoms with E-state index in [1.54, 1.807) is 18.8 Å². The second-order valence-electron chi connectivity index (χ2n) is 4.52. The van der Waals surface area contributed by atoms with Crippen LogP contribution in [0, 0.1) is 10.1 Å². The van der Waals surface area contributed by atoms with Gasteiger partial charge in [0.15, 0.2) is 0 Å². The fourth-order valence-electron chi connectivity index (χ4n) is 2.13. The van der Waals surface area contributed by atoms with Crippen molar-refractivity contribution in [2.45, 2.75) is 32.2 Å². The first-order chi connectivity index (χ1) is 9.04. The Balaban J connectivity index is 3.07. The number of aromatic nitrogens is 2. The number of aryl methyl sites for hydroxylation is 2. The molecule has 7 heteroatoms. The fourth-order valence-corrected chi connectivity index (χ4v) is 2.13. The van der Waals surface area contributed by atoms with E-state index in [1.807, 2.05) is 14.0 Å². The van der Waals surface area contributed by atoms with E-state index in [0.29, 0.717) is 30.8 Å². The molecule has 0 saturated heterocycles. The number of methoxy groups -OCH3 is 1. The molecule has 0 spiro atoms. The van der Waals surface area contributed by atoms with Crippen molar-refractivity contribution < 1.29 is 9.66 Å². The largest absolute Gasteiger partial charge is 0.383 e. The SMILES string of the molecule is CCCc1nn(C)c(CC(COC)NC)c1[N+](=O)[O-]. The van der Waals surface area contributed by atoms with Crippen molar-refractivity contribution in [1.29, 1.82) is 0 Å². The molecule has 0 fully saturated rings. The highest BCUT2D eigenvalue weighted by molar-refractivity contribution is 5.42. The molecule has 1 atom stereocenters. The molecule has 1 unspecified atom stereocenters. The number of rotatable bonds is 8. The van der Waals surface area contributed by atoms with Gasteiger partial charge in [-0.05, 0) is 13.5 Å². The molecule has 1 heterocycles. The van der Waals surface area contributed by atoms with E-state index in [4.69, 9.17) is 4.74 Å². The molecular weight excluding hydrogens is 248 g/mol. The molecule has 1 N–H and O–H groups in total. The van der Waals surface area contributed by atoms with E-state index in [9.17, 15) is 10.1 Å². The van der Waals surface area contributed by atoms with Gasteiger partial charge >= 0.3 is 5.69 Å². The van der Waals surface area contributed by atoms with Gasteiger partial charge in [-0.2, -0.15) is 5.10 Å². The summed E-state index contributed by atoms with van der Waals surface area (Å²) in [5, 5.41) is 18.6. The van der Waals surface area contributed by atoms with E-state index in [0.717, 1.165) is 6.42 Å². The molecule has 0 aliphatic heterocycles. The Labute approximate surface area is 113 Å². The minimum Gasteiger partial charge on any atom is -0.383 e. The molecule has 0 aliphatic carbocycles. The van der Waals surface area contributed by atoms with E-state index in [1.165, 1.54) is 0 Å². The predicted molar refractivity (Wildman–Crippen MR) is 72.3 cm³/mol. The van der Waals surface area contributed by atoms with Crippen molar-refractivity contribution in [1.82, 2.24) is 15.1 Å². The molecule has 7 nitrogen and oxygen atoms in total. The van der Waals surface area contributed by atoms with Crippen LogP contribution in [-0.2, 0) is 24.6 Å². The molecule has 0 radical (unpaired) electrons. The number of hydrogen-bond donors (Lipinski definition) is 1. The molecule has 1 aromatic heterocycles. The first-order valence-electron chi connectivity index (χ1n) is 6.40. The lowest BCUT2D eigenvalue weighted by Crippen LogP contribution is -2.33. The third kappa shape index (κ3) is 3.74. The Bertz CT molecular complexity index is 431. The molecule has 0 amide bonds. The summed E-state index contributed by atoms with van der Waals surface area (Å²) in [7, 11) is 5.18. The number of hydrogen-bond acceptors (Lipinski definition) is 5. The lowest BCUT2D eigenvalue weighted by molar-refractivity contribution is -0.386. The second kappa shape index (κ2) is 7.20. The molecule has 0 saturated carbocycles. The normalized spacial score (nSPS) is 12.6. The zero-order valence-corrected chi connectivity index (χ0v) is 12.0. The van der Waals surface area contributed by atoms with Gasteiger partial charge in [-0.3, -0.25) is 14.8 Å². The summed E-state index contributed by atoms with van der Waals surface area (Å²) in [6.45, 7) is 2.49. The molecule has 0 bridgehead atoms. The van der Waals surface area contributed by atoms with Crippen LogP contribution in [0.25, 0.3) is 0 Å². The van der Waals surface area contributed by atoms with Crippen LogP contribution in [0.2, 0.25) is 0 Å². The smallest absolute Gasteiger partial charge is 0.313 e. The maximum Gasteiger partial charge on any atom is 0.313 e. The first-order valence-corrected chi connectivity index (χ1v) is 6.40. The summed E-state index contributed by atoms with van der Waals surface area (Å²) in [4.78, 5) is 10.9. The summed E-state index contributed by atoms with van der Waals surface area (Å²) in [6, 6.07) is 0.0357. The van der Waals surface area contributed by atoms with Crippen LogP contribution in [0.3, 0.4) is 0 Å². The van der Waals surface area contributed by atoms with Gasteiger partial charge in [-0.1, -0.05) is 13.3 Å². The Morgan fingerprint density at radius 3 is 2.74 bits per heavy atom. The fraction of sp³-hybridized carbons (Fsp3) is 0.750. The van der Waals surface area contributed by atoms with Crippen molar-refractivity contribution >= 4 is 5.69 Å². The number of nitrogens with zero attached hydrogens (tertiary/aromatic N) is 3. The molecule has 0 aromatic carbocycles. The Hall–Kier alpha value is -1.47. The summed E-state index contributed by atoms with van der Waals surface area (Å²) in [5.74, 6) is 0. The van der Waals surface area contributed by atoms with E-state index in [-0.39, 0.29) is 16.7 Å². The van der Waals surface area contributed by atoms with E-state index < -0.39 is 0 Å². The topological polar surface area (TPSA) is 82.2 Å². The van der Waals surface area contributed by atoms with Crippen LogP contribution in [0.1, 0.15) is 24.7 Å². The summed E-state index contributed by atoms with van der Waals surface area (Å²) < 4.78 is 6.71. The molecule has 19 heavy (non-hydrogen) atoms. The zero-order valence-electron chi connectivity index (χ0n) is 12.0. The third-order valence-electron chi connectivity index (χ3n) is 3.09. The number of nitrogens with one attached hydrogen (secondary N) is 1. The molecule has 1 aromatic rings. The Kier molecular flexibility index (Phi) is 5.91. The van der Waals surface area contributed by atoms with Crippen LogP contribution >= 0.6 is 0 Å². The highest BCUT2D eigenvalue weighted by Gasteiger charge is 2.27. The molecular formula is C12H22N4O3. The van der Waals surface area contributed by atoms with E-state index >= 15 is 0 Å². The highest BCUT2D eigenvalue weighted by Crippen LogP contribution is 2.25. The Morgan fingerprint density at radius 2 is 2.26 bits per heavy atom. The van der Waals surface area contributed by atoms with Gasteiger partial charge in [0.25, 0.3) is 0 Å². The van der Waals surface area contributed by atoms with Crippen LogP contribution < -0.4 is 5.32 Å². The van der Waals surface area contributed by atoms with Crippen LogP contribution in [0.15, 0.2) is 0 Å². The monoisotopic (exact) mass is 270 g/mol. The number of ether oxygens (including phenoxy) is 1. The second-order valence-corrected chi connectivity index (χ2v) is 4.52. The van der Waals surface area contributed by atoms with Gasteiger partial charge in [0, 0.05) is 26.6 Å². The summed E-state index contributed by atoms with van der Waals surface area (Å²) >= 11 is 0. The average Bonchev–Trinajstić information content (AvgIpc) is 2.65. The van der Waals surface area contributed by atoms with Crippen LogP contribution in [0.5, 0.6) is 0 Å². The summed E-state index contributed by atoms with van der Waals surface area (Å²) in [5.41, 5.74) is 1.36. The van der Waals surface area contributed by atoms with Crippen molar-refractivity contribution in [3.8, 4) is 0 Å². The Morgan fingerprint density at radius 1 is 1.58 bits per heavy atom. The van der Waals surface area contributed by atoms with Gasteiger partial charge in [-0.15, -0.1) is 0 Å². The third-order valence-corrected chi connectivity index (χ3v) is 3.09. The minimum absolute atomic E-state index is 0.0357. The van der Waals surface area contributed by atoms with Gasteiger partial charge in [0.05, 0.1) is 11.5 Å². The number of nitro groups is 1. The standard InChI is InChI=1S/C12H22N4O3/c1-5-6-10-12(16(17)18)11(15(3)14-10)7-9(13-2)8-19-4/h9,13H,5-8H2,1-4H3. The van der Waals surface area contributed by atoms with Crippen molar-refractivity contribution in [3.05, 3.63) is 21.5 Å². The first kappa shape index (κ1) is 15.6. The van der Waals surface area contributed by atoms with Crippen molar-refractivity contribution in [2.24, 2.45) is 7.05 Å². The molecule has 1 rings (SSSR count). The van der Waals surface area contributed by atoms with Crippen LogP contribution in [-0.4, -0.2) is 41.5 Å². The maximum absolute atomic E-state index is 11.3. The van der Waals surface area contributed by atoms with Gasteiger partial charge in [0.1, 0.15) is 11.4 Å². The minimum atomic E-state index is -0.327. The lowest BCUT2D eigenvalue weighted by atomic mass is 10.1. The van der Waals surface area contributed by atoms with Crippen LogP contribution in [0.4, 0.5) is 5.69 Å². The lowest BCUT2D eigenvalue weighted by Gasteiger charge is -2.14. The van der Waals surface area contributed by atoms with Gasteiger partial charge in [0.2, 0.25) is 0 Å². The average molecular weight is 270 g/mol. The summed E-state index contributed by atoms with van der Waals surface area (Å²) in [6.07, 6.45) is 1.98. The van der Waals surface area contributed by atoms with Crippen molar-refractivity contribution in [3.63, 3.8) is 0 Å². The molecule has 0 aliphatic rings. The number of likely N-dealkylation sites (N-methyl/N-ethyl adjacent to an activating group) is 1. The van der Waals surface area contributed by atoms with Gasteiger partial charge < -0.3 is 10.1 Å². The maximum atomic E-state index is 11.3. The van der Waals surface area contributed by atoms with Gasteiger partial charge in [-0.25, -0.2) is 0 Å². The highest BCUT2D eigenvalue weighted by atomic mass is 16.6. The quantitative estimate of drug-likeness (QED) is 0.564. The van der Waals surface area contributed by atoms with E-state index in [2.05, 4.69) is 10.4 Å². The zero-order chi connectivity index (χ0) is 14.4. The van der Waals surface area contributed by atoms with Crippen molar-refractivity contribution in [2.75, 3.05) is 20.8 Å².